The average Bonchev–Trinajstić information content (AvgIpc) is 2.46. The number of piperazine rings is 1. The van der Waals surface area contributed by atoms with Gasteiger partial charge in [0.25, 0.3) is 0 Å². The average molecular weight is 281 g/mol. The van der Waals surface area contributed by atoms with Gasteiger partial charge in [0.15, 0.2) is 0 Å². The van der Waals surface area contributed by atoms with Crippen molar-refractivity contribution in [1.82, 2.24) is 14.9 Å². The van der Waals surface area contributed by atoms with Crippen LogP contribution in [0.3, 0.4) is 0 Å². The molecule has 1 aliphatic rings. The lowest BCUT2D eigenvalue weighted by Gasteiger charge is -2.39. The van der Waals surface area contributed by atoms with Gasteiger partial charge in [0, 0.05) is 25.7 Å². The summed E-state index contributed by atoms with van der Waals surface area (Å²) in [5.74, 6) is 5.64. The number of likely N-dealkylation sites (N-methyl/N-ethyl adjacent to an activating group) is 1. The fourth-order valence-corrected chi connectivity index (χ4v) is 2.53. The van der Waals surface area contributed by atoms with Gasteiger partial charge in [-0.25, -0.2) is 15.8 Å². The molecule has 2 heterocycles. The first kappa shape index (κ1) is 14.4. The van der Waals surface area contributed by atoms with Gasteiger partial charge in [0.05, 0.1) is 4.92 Å². The van der Waals surface area contributed by atoms with Gasteiger partial charge in [-0.1, -0.05) is 6.92 Å². The standard InChI is InChI=1S/C11H19N7O2/c1-3-16-4-5-17(6-8(16)2)11-9(18(19)20)10(15-12)13-7-14-11/h7-8H,3-6,12H2,1-2H3,(H,13,14,15). The number of hydrogen-bond donors (Lipinski definition) is 2. The number of nitro groups is 1. The van der Waals surface area contributed by atoms with Crippen LogP contribution < -0.4 is 16.2 Å². The highest BCUT2D eigenvalue weighted by atomic mass is 16.6. The Bertz CT molecular complexity index is 496. The Morgan fingerprint density at radius 3 is 2.85 bits per heavy atom. The molecule has 1 saturated heterocycles. The van der Waals surface area contributed by atoms with Crippen LogP contribution >= 0.6 is 0 Å². The van der Waals surface area contributed by atoms with Crippen LogP contribution in [-0.4, -0.2) is 52.0 Å². The van der Waals surface area contributed by atoms with Crippen molar-refractivity contribution in [3.63, 3.8) is 0 Å². The Balaban J connectivity index is 2.31. The second kappa shape index (κ2) is 5.97. The van der Waals surface area contributed by atoms with E-state index in [0.717, 1.165) is 13.1 Å². The number of hydrazine groups is 1. The second-order valence-electron chi connectivity index (χ2n) is 4.72. The van der Waals surface area contributed by atoms with Gasteiger partial charge in [0.2, 0.25) is 11.6 Å². The lowest BCUT2D eigenvalue weighted by Crippen LogP contribution is -2.52. The number of nitrogen functional groups attached to an aromatic ring is 1. The van der Waals surface area contributed by atoms with Crippen molar-refractivity contribution < 1.29 is 4.92 Å². The monoisotopic (exact) mass is 281 g/mol. The highest BCUT2D eigenvalue weighted by molar-refractivity contribution is 5.70. The Hall–Kier alpha value is -2.00. The summed E-state index contributed by atoms with van der Waals surface area (Å²) in [7, 11) is 0. The summed E-state index contributed by atoms with van der Waals surface area (Å²) in [5, 5.41) is 11.2. The molecule has 9 nitrogen and oxygen atoms in total. The van der Waals surface area contributed by atoms with Gasteiger partial charge in [-0.05, 0) is 13.5 Å². The van der Waals surface area contributed by atoms with Crippen LogP contribution in [0, 0.1) is 10.1 Å². The van der Waals surface area contributed by atoms with E-state index in [1.54, 1.807) is 0 Å². The van der Waals surface area contributed by atoms with E-state index in [2.05, 4.69) is 34.1 Å². The maximum absolute atomic E-state index is 11.2. The minimum Gasteiger partial charge on any atom is -0.348 e. The van der Waals surface area contributed by atoms with E-state index in [4.69, 9.17) is 5.84 Å². The van der Waals surface area contributed by atoms with Crippen molar-refractivity contribution in [2.24, 2.45) is 5.84 Å². The van der Waals surface area contributed by atoms with Gasteiger partial charge in [-0.2, -0.15) is 0 Å². The maximum Gasteiger partial charge on any atom is 0.354 e. The summed E-state index contributed by atoms with van der Waals surface area (Å²) in [6.07, 6.45) is 1.29. The number of aromatic nitrogens is 2. The number of nitrogens with zero attached hydrogens (tertiary/aromatic N) is 5. The molecule has 3 N–H and O–H groups in total. The third-order valence-electron chi connectivity index (χ3n) is 3.59. The Morgan fingerprint density at radius 2 is 2.30 bits per heavy atom. The zero-order valence-corrected chi connectivity index (χ0v) is 11.6. The molecule has 0 aromatic carbocycles. The molecule has 1 aromatic heterocycles. The van der Waals surface area contributed by atoms with Crippen LogP contribution in [0.5, 0.6) is 0 Å². The fraction of sp³-hybridized carbons (Fsp3) is 0.636. The number of anilines is 2. The first-order valence-electron chi connectivity index (χ1n) is 6.53. The summed E-state index contributed by atoms with van der Waals surface area (Å²) in [6.45, 7) is 7.41. The molecular formula is C11H19N7O2. The number of hydrogen-bond acceptors (Lipinski definition) is 8. The molecule has 9 heteroatoms. The molecule has 0 spiro atoms. The topological polar surface area (TPSA) is 113 Å². The molecule has 1 unspecified atom stereocenters. The Kier molecular flexibility index (Phi) is 4.30. The lowest BCUT2D eigenvalue weighted by atomic mass is 10.2. The van der Waals surface area contributed by atoms with Crippen molar-refractivity contribution in [2.45, 2.75) is 19.9 Å². The third-order valence-corrected chi connectivity index (χ3v) is 3.59. The highest BCUT2D eigenvalue weighted by Gasteiger charge is 2.30. The predicted molar refractivity (Wildman–Crippen MR) is 75.4 cm³/mol. The van der Waals surface area contributed by atoms with Crippen molar-refractivity contribution >= 4 is 17.3 Å². The zero-order valence-electron chi connectivity index (χ0n) is 11.6. The van der Waals surface area contributed by atoms with Crippen LogP contribution in [-0.2, 0) is 0 Å². The molecule has 20 heavy (non-hydrogen) atoms. The van der Waals surface area contributed by atoms with Crippen LogP contribution in [0.15, 0.2) is 6.33 Å². The molecule has 110 valence electrons. The van der Waals surface area contributed by atoms with E-state index >= 15 is 0 Å². The Morgan fingerprint density at radius 1 is 1.55 bits per heavy atom. The van der Waals surface area contributed by atoms with Crippen molar-refractivity contribution in [3.8, 4) is 0 Å². The molecule has 0 radical (unpaired) electrons. The third kappa shape index (κ3) is 2.63. The number of nitrogens with one attached hydrogen (secondary N) is 1. The Labute approximate surface area is 116 Å². The molecule has 1 aliphatic heterocycles. The number of nitrogens with two attached hydrogens (primary N) is 1. The first-order chi connectivity index (χ1) is 9.58. The minimum absolute atomic E-state index is 0.0329. The molecule has 2 rings (SSSR count). The summed E-state index contributed by atoms with van der Waals surface area (Å²) in [4.78, 5) is 22.9. The van der Waals surface area contributed by atoms with Crippen LogP contribution in [0.25, 0.3) is 0 Å². The fourth-order valence-electron chi connectivity index (χ4n) is 2.53. The lowest BCUT2D eigenvalue weighted by molar-refractivity contribution is -0.383. The van der Waals surface area contributed by atoms with Gasteiger partial charge in [0.1, 0.15) is 6.33 Å². The molecule has 0 aliphatic carbocycles. The van der Waals surface area contributed by atoms with E-state index in [1.165, 1.54) is 6.33 Å². The van der Waals surface area contributed by atoms with E-state index < -0.39 is 4.92 Å². The molecule has 0 bridgehead atoms. The number of rotatable bonds is 4. The van der Waals surface area contributed by atoms with Gasteiger partial charge in [-0.15, -0.1) is 0 Å². The van der Waals surface area contributed by atoms with E-state index in [9.17, 15) is 10.1 Å². The summed E-state index contributed by atoms with van der Waals surface area (Å²) in [6, 6.07) is 0.317. The molecule has 1 atom stereocenters. The smallest absolute Gasteiger partial charge is 0.348 e. The van der Waals surface area contributed by atoms with Gasteiger partial charge in [-0.3, -0.25) is 15.0 Å². The second-order valence-corrected chi connectivity index (χ2v) is 4.72. The highest BCUT2D eigenvalue weighted by Crippen LogP contribution is 2.32. The van der Waals surface area contributed by atoms with Crippen molar-refractivity contribution in [2.75, 3.05) is 36.5 Å². The largest absolute Gasteiger partial charge is 0.354 e. The van der Waals surface area contributed by atoms with E-state index in [-0.39, 0.29) is 11.5 Å². The predicted octanol–water partition coefficient (Wildman–Crippen LogP) is 0.201. The summed E-state index contributed by atoms with van der Waals surface area (Å²) >= 11 is 0. The SMILES string of the molecule is CCN1CCN(c2ncnc(NN)c2[N+](=O)[O-])CC1C. The maximum atomic E-state index is 11.2. The minimum atomic E-state index is -0.499. The van der Waals surface area contributed by atoms with Crippen LogP contribution in [0.1, 0.15) is 13.8 Å². The van der Waals surface area contributed by atoms with Gasteiger partial charge >= 0.3 is 5.69 Å². The first-order valence-corrected chi connectivity index (χ1v) is 6.53. The summed E-state index contributed by atoms with van der Waals surface area (Å²) in [5.41, 5.74) is 2.08. The normalized spacial score (nSPS) is 19.9. The molecule has 1 fully saturated rings. The van der Waals surface area contributed by atoms with Crippen molar-refractivity contribution in [3.05, 3.63) is 16.4 Å². The molecule has 0 amide bonds. The summed E-state index contributed by atoms with van der Waals surface area (Å²) < 4.78 is 0. The van der Waals surface area contributed by atoms with Crippen molar-refractivity contribution in [1.29, 1.82) is 0 Å². The van der Waals surface area contributed by atoms with Gasteiger partial charge < -0.3 is 10.3 Å². The van der Waals surface area contributed by atoms with Crippen LogP contribution in [0.4, 0.5) is 17.3 Å². The van der Waals surface area contributed by atoms with E-state index in [1.807, 2.05) is 4.90 Å². The zero-order chi connectivity index (χ0) is 14.7. The molecular weight excluding hydrogens is 262 g/mol. The quantitative estimate of drug-likeness (QED) is 0.457. The van der Waals surface area contributed by atoms with Crippen LogP contribution in [0.2, 0.25) is 0 Å². The molecule has 0 saturated carbocycles. The van der Waals surface area contributed by atoms with E-state index in [0.29, 0.717) is 24.9 Å². The molecule has 1 aromatic rings.